The van der Waals surface area contributed by atoms with E-state index in [1.807, 2.05) is 24.3 Å². The van der Waals surface area contributed by atoms with Gasteiger partial charge < -0.3 is 4.84 Å². The minimum Gasteiger partial charge on any atom is -0.391 e. The summed E-state index contributed by atoms with van der Waals surface area (Å²) in [5, 5.41) is 5.06. The number of fused-ring (bicyclic) bond motifs is 1. The second-order valence-corrected chi connectivity index (χ2v) is 5.39. The van der Waals surface area contributed by atoms with Gasteiger partial charge in [0.05, 0.1) is 5.71 Å². The Labute approximate surface area is 124 Å². The van der Waals surface area contributed by atoms with Gasteiger partial charge >= 0.3 is 0 Å². The van der Waals surface area contributed by atoms with Crippen molar-refractivity contribution in [1.29, 1.82) is 0 Å². The topological polar surface area (TPSA) is 21.6 Å². The van der Waals surface area contributed by atoms with Gasteiger partial charge in [0.2, 0.25) is 0 Å². The highest BCUT2D eigenvalue weighted by molar-refractivity contribution is 6.30. The van der Waals surface area contributed by atoms with Crippen molar-refractivity contribution in [3.05, 3.63) is 70.2 Å². The van der Waals surface area contributed by atoms with Gasteiger partial charge in [-0.1, -0.05) is 53.2 Å². The predicted molar refractivity (Wildman–Crippen MR) is 82.2 cm³/mol. The van der Waals surface area contributed by atoms with Crippen LogP contribution in [0.2, 0.25) is 5.02 Å². The molecule has 0 radical (unpaired) electrons. The third-order valence-corrected chi connectivity index (χ3v) is 3.76. The minimum atomic E-state index is 0.475. The van der Waals surface area contributed by atoms with Crippen molar-refractivity contribution >= 4 is 17.3 Å². The molecule has 0 unspecified atom stereocenters. The Morgan fingerprint density at radius 1 is 1.00 bits per heavy atom. The molecule has 1 aliphatic rings. The van der Waals surface area contributed by atoms with Crippen LogP contribution >= 0.6 is 11.6 Å². The van der Waals surface area contributed by atoms with E-state index in [4.69, 9.17) is 16.4 Å². The summed E-state index contributed by atoms with van der Waals surface area (Å²) in [5.74, 6) is 0. The van der Waals surface area contributed by atoms with Gasteiger partial charge in [-0.15, -0.1) is 0 Å². The molecule has 3 rings (SSSR count). The number of aryl methyl sites for hydroxylation is 1. The summed E-state index contributed by atoms with van der Waals surface area (Å²) in [5.41, 5.74) is 4.73. The highest BCUT2D eigenvalue weighted by atomic mass is 35.5. The molecule has 0 saturated carbocycles. The van der Waals surface area contributed by atoms with Gasteiger partial charge in [0, 0.05) is 10.6 Å². The summed E-state index contributed by atoms with van der Waals surface area (Å²) in [6.07, 6.45) is 3.25. The maximum Gasteiger partial charge on any atom is 0.142 e. The summed E-state index contributed by atoms with van der Waals surface area (Å²) in [7, 11) is 0. The van der Waals surface area contributed by atoms with Crippen LogP contribution in [-0.4, -0.2) is 5.71 Å². The van der Waals surface area contributed by atoms with Gasteiger partial charge in [0.15, 0.2) is 0 Å². The summed E-state index contributed by atoms with van der Waals surface area (Å²) in [4.78, 5) is 5.50. The summed E-state index contributed by atoms with van der Waals surface area (Å²) in [6, 6.07) is 16.1. The molecule has 0 aromatic heterocycles. The Hall–Kier alpha value is -1.80. The molecule has 0 saturated heterocycles. The van der Waals surface area contributed by atoms with Gasteiger partial charge in [-0.25, -0.2) is 0 Å². The first-order valence-corrected chi connectivity index (χ1v) is 7.22. The van der Waals surface area contributed by atoms with E-state index in [-0.39, 0.29) is 0 Å². The minimum absolute atomic E-state index is 0.475. The second-order valence-electron chi connectivity index (χ2n) is 4.95. The SMILES string of the molecule is Clc1ccc(CO/N=C2/CCCc3ccccc32)cc1. The third-order valence-electron chi connectivity index (χ3n) is 3.51. The average Bonchev–Trinajstić information content (AvgIpc) is 2.49. The first kappa shape index (κ1) is 13.2. The van der Waals surface area contributed by atoms with Crippen molar-refractivity contribution in [3.8, 4) is 0 Å². The molecule has 102 valence electrons. The second kappa shape index (κ2) is 6.10. The highest BCUT2D eigenvalue weighted by Crippen LogP contribution is 2.21. The number of nitrogens with zero attached hydrogens (tertiary/aromatic N) is 1. The van der Waals surface area contributed by atoms with Crippen LogP contribution in [0.5, 0.6) is 0 Å². The third kappa shape index (κ3) is 3.02. The van der Waals surface area contributed by atoms with E-state index < -0.39 is 0 Å². The van der Waals surface area contributed by atoms with E-state index in [1.54, 1.807) is 0 Å². The monoisotopic (exact) mass is 285 g/mol. The lowest BCUT2D eigenvalue weighted by atomic mass is 9.90. The van der Waals surface area contributed by atoms with Crippen LogP contribution in [0.1, 0.15) is 29.5 Å². The zero-order chi connectivity index (χ0) is 13.8. The van der Waals surface area contributed by atoms with Crippen molar-refractivity contribution < 1.29 is 4.84 Å². The fourth-order valence-corrected chi connectivity index (χ4v) is 2.59. The molecule has 1 aliphatic carbocycles. The van der Waals surface area contributed by atoms with Gasteiger partial charge in [-0.3, -0.25) is 0 Å². The smallest absolute Gasteiger partial charge is 0.142 e. The molecule has 0 aliphatic heterocycles. The maximum atomic E-state index is 5.86. The first-order chi connectivity index (χ1) is 9.83. The molecule has 0 heterocycles. The van der Waals surface area contributed by atoms with E-state index in [0.717, 1.165) is 35.6 Å². The van der Waals surface area contributed by atoms with E-state index >= 15 is 0 Å². The van der Waals surface area contributed by atoms with Crippen molar-refractivity contribution in [2.24, 2.45) is 5.16 Å². The Bertz CT molecular complexity index is 619. The number of benzene rings is 2. The molecule has 20 heavy (non-hydrogen) atoms. The van der Waals surface area contributed by atoms with Crippen LogP contribution in [0, 0.1) is 0 Å². The number of rotatable bonds is 3. The van der Waals surface area contributed by atoms with Crippen LogP contribution < -0.4 is 0 Å². The molecule has 0 amide bonds. The van der Waals surface area contributed by atoms with Crippen molar-refractivity contribution in [1.82, 2.24) is 0 Å². The zero-order valence-electron chi connectivity index (χ0n) is 11.2. The molecule has 0 bridgehead atoms. The lowest BCUT2D eigenvalue weighted by Crippen LogP contribution is -2.12. The molecule has 0 spiro atoms. The molecule has 0 fully saturated rings. The zero-order valence-corrected chi connectivity index (χ0v) is 11.9. The van der Waals surface area contributed by atoms with Gasteiger partial charge in [0.25, 0.3) is 0 Å². The molecule has 0 N–H and O–H groups in total. The van der Waals surface area contributed by atoms with Gasteiger partial charge in [-0.2, -0.15) is 0 Å². The van der Waals surface area contributed by atoms with Gasteiger partial charge in [-0.05, 0) is 42.5 Å². The Balaban J connectivity index is 1.69. The number of hydrogen-bond donors (Lipinski definition) is 0. The number of oxime groups is 1. The number of hydrogen-bond acceptors (Lipinski definition) is 2. The lowest BCUT2D eigenvalue weighted by Gasteiger charge is -2.16. The van der Waals surface area contributed by atoms with Crippen molar-refractivity contribution in [2.45, 2.75) is 25.9 Å². The Kier molecular flexibility index (Phi) is 4.03. The molecule has 0 atom stereocenters. The molecule has 2 nitrogen and oxygen atoms in total. The summed E-state index contributed by atoms with van der Waals surface area (Å²) in [6.45, 7) is 0.475. The first-order valence-electron chi connectivity index (χ1n) is 6.84. The quantitative estimate of drug-likeness (QED) is 0.756. The van der Waals surface area contributed by atoms with Crippen LogP contribution in [-0.2, 0) is 17.9 Å². The number of halogens is 1. The molecule has 2 aromatic carbocycles. The molecule has 3 heteroatoms. The fraction of sp³-hybridized carbons (Fsp3) is 0.235. The summed E-state index contributed by atoms with van der Waals surface area (Å²) >= 11 is 5.86. The van der Waals surface area contributed by atoms with E-state index in [2.05, 4.69) is 29.4 Å². The highest BCUT2D eigenvalue weighted by Gasteiger charge is 2.15. The van der Waals surface area contributed by atoms with E-state index in [1.165, 1.54) is 11.1 Å². The van der Waals surface area contributed by atoms with Crippen LogP contribution in [0.25, 0.3) is 0 Å². The lowest BCUT2D eigenvalue weighted by molar-refractivity contribution is 0.130. The molecule has 2 aromatic rings. The Morgan fingerprint density at radius 2 is 1.80 bits per heavy atom. The van der Waals surface area contributed by atoms with Crippen molar-refractivity contribution in [3.63, 3.8) is 0 Å². The normalized spacial score (nSPS) is 15.9. The Morgan fingerprint density at radius 3 is 2.65 bits per heavy atom. The maximum absolute atomic E-state index is 5.86. The largest absolute Gasteiger partial charge is 0.391 e. The van der Waals surface area contributed by atoms with Crippen LogP contribution in [0.4, 0.5) is 0 Å². The van der Waals surface area contributed by atoms with E-state index in [9.17, 15) is 0 Å². The fourth-order valence-electron chi connectivity index (χ4n) is 2.46. The molecular weight excluding hydrogens is 270 g/mol. The average molecular weight is 286 g/mol. The van der Waals surface area contributed by atoms with E-state index in [0.29, 0.717) is 6.61 Å². The predicted octanol–water partition coefficient (Wildman–Crippen LogP) is 4.60. The van der Waals surface area contributed by atoms with Crippen LogP contribution in [0.3, 0.4) is 0 Å². The molecular formula is C17H16ClNO. The van der Waals surface area contributed by atoms with Crippen LogP contribution in [0.15, 0.2) is 53.7 Å². The standard InChI is InChI=1S/C17H16ClNO/c18-15-10-8-13(9-11-15)12-20-19-17-7-3-5-14-4-1-2-6-16(14)17/h1-2,4,6,8-11H,3,5,7,12H2/b19-17-. The summed E-state index contributed by atoms with van der Waals surface area (Å²) < 4.78 is 0. The van der Waals surface area contributed by atoms with Crippen molar-refractivity contribution in [2.75, 3.05) is 0 Å². The van der Waals surface area contributed by atoms with Gasteiger partial charge in [0.1, 0.15) is 6.61 Å².